The Bertz CT molecular complexity index is 674. The maximum Gasteiger partial charge on any atom is 0.287 e. The molecule has 0 spiro atoms. The molecule has 0 aliphatic rings. The number of furan rings is 1. The standard InChI is InChI=1S/C17H22N4O2/c1-12-4-6-14(7-5-12)21-17(18)20-10-3-9-19-16(22)15-13(2)8-11-23-15/h4-8,11H,3,9-10H2,1-2H3,(H,19,22)(H3,18,20,21). The van der Waals surface area contributed by atoms with Crippen molar-refractivity contribution in [2.75, 3.05) is 18.4 Å². The summed E-state index contributed by atoms with van der Waals surface area (Å²) in [6.07, 6.45) is 2.20. The number of guanidine groups is 1. The highest BCUT2D eigenvalue weighted by atomic mass is 16.3. The summed E-state index contributed by atoms with van der Waals surface area (Å²) in [7, 11) is 0. The van der Waals surface area contributed by atoms with Crippen LogP contribution in [-0.4, -0.2) is 25.0 Å². The molecule has 6 nitrogen and oxygen atoms in total. The number of anilines is 1. The third-order valence-electron chi connectivity index (χ3n) is 3.29. The average molecular weight is 314 g/mol. The van der Waals surface area contributed by atoms with Gasteiger partial charge in [0.15, 0.2) is 11.7 Å². The summed E-state index contributed by atoms with van der Waals surface area (Å²) >= 11 is 0. The largest absolute Gasteiger partial charge is 0.459 e. The molecule has 0 bridgehead atoms. The van der Waals surface area contributed by atoms with E-state index in [1.165, 1.54) is 11.8 Å². The lowest BCUT2D eigenvalue weighted by atomic mass is 10.2. The summed E-state index contributed by atoms with van der Waals surface area (Å²) in [6, 6.07) is 9.66. The molecule has 0 radical (unpaired) electrons. The molecule has 2 aromatic rings. The van der Waals surface area contributed by atoms with E-state index >= 15 is 0 Å². The monoisotopic (exact) mass is 314 g/mol. The normalized spacial score (nSPS) is 11.3. The summed E-state index contributed by atoms with van der Waals surface area (Å²) in [6.45, 7) is 4.91. The van der Waals surface area contributed by atoms with Crippen molar-refractivity contribution in [3.8, 4) is 0 Å². The fraction of sp³-hybridized carbons (Fsp3) is 0.294. The third-order valence-corrected chi connectivity index (χ3v) is 3.29. The predicted molar refractivity (Wildman–Crippen MR) is 91.7 cm³/mol. The SMILES string of the molecule is Cc1ccc(NC(N)=NCCCNC(=O)c2occc2C)cc1. The molecule has 23 heavy (non-hydrogen) atoms. The van der Waals surface area contributed by atoms with E-state index in [1.807, 2.05) is 38.1 Å². The van der Waals surface area contributed by atoms with Gasteiger partial charge in [-0.05, 0) is 38.5 Å². The molecule has 4 N–H and O–H groups in total. The highest BCUT2D eigenvalue weighted by molar-refractivity contribution is 5.93. The first-order valence-electron chi connectivity index (χ1n) is 7.52. The molecular formula is C17H22N4O2. The number of benzene rings is 1. The van der Waals surface area contributed by atoms with E-state index in [9.17, 15) is 4.79 Å². The Morgan fingerprint density at radius 1 is 1.22 bits per heavy atom. The van der Waals surface area contributed by atoms with Crippen LogP contribution in [0, 0.1) is 13.8 Å². The molecule has 0 saturated heterocycles. The van der Waals surface area contributed by atoms with Crippen LogP contribution in [0.15, 0.2) is 46.0 Å². The van der Waals surface area contributed by atoms with Crippen molar-refractivity contribution in [3.05, 3.63) is 53.5 Å². The van der Waals surface area contributed by atoms with Crippen LogP contribution in [0.2, 0.25) is 0 Å². The van der Waals surface area contributed by atoms with Crippen molar-refractivity contribution in [1.82, 2.24) is 5.32 Å². The molecule has 0 aliphatic carbocycles. The van der Waals surface area contributed by atoms with Gasteiger partial charge in [0.05, 0.1) is 6.26 Å². The lowest BCUT2D eigenvalue weighted by Gasteiger charge is -2.06. The number of hydrogen-bond donors (Lipinski definition) is 3. The van der Waals surface area contributed by atoms with E-state index in [0.29, 0.717) is 31.2 Å². The van der Waals surface area contributed by atoms with Crippen LogP contribution in [0.25, 0.3) is 0 Å². The van der Waals surface area contributed by atoms with Crippen LogP contribution in [0.3, 0.4) is 0 Å². The van der Waals surface area contributed by atoms with E-state index < -0.39 is 0 Å². The Morgan fingerprint density at radius 2 is 1.96 bits per heavy atom. The molecule has 6 heteroatoms. The fourth-order valence-electron chi connectivity index (χ4n) is 1.99. The molecule has 0 saturated carbocycles. The second kappa shape index (κ2) is 8.03. The van der Waals surface area contributed by atoms with Crippen molar-refractivity contribution >= 4 is 17.6 Å². The first kappa shape index (κ1) is 16.6. The summed E-state index contributed by atoms with van der Waals surface area (Å²) < 4.78 is 5.13. The Balaban J connectivity index is 1.69. The highest BCUT2D eigenvalue weighted by Crippen LogP contribution is 2.08. The molecule has 1 aromatic heterocycles. The van der Waals surface area contributed by atoms with Crippen molar-refractivity contribution in [3.63, 3.8) is 0 Å². The van der Waals surface area contributed by atoms with E-state index in [-0.39, 0.29) is 5.91 Å². The summed E-state index contributed by atoms with van der Waals surface area (Å²) in [5, 5.41) is 5.82. The molecule has 0 fully saturated rings. The van der Waals surface area contributed by atoms with Crippen LogP contribution < -0.4 is 16.4 Å². The minimum absolute atomic E-state index is 0.206. The van der Waals surface area contributed by atoms with Crippen LogP contribution in [0.4, 0.5) is 5.69 Å². The van der Waals surface area contributed by atoms with Gasteiger partial charge >= 0.3 is 0 Å². The average Bonchev–Trinajstić information content (AvgIpc) is 2.95. The van der Waals surface area contributed by atoms with Gasteiger partial charge in [-0.3, -0.25) is 9.79 Å². The maximum absolute atomic E-state index is 11.8. The van der Waals surface area contributed by atoms with Gasteiger partial charge in [-0.25, -0.2) is 0 Å². The quantitative estimate of drug-likeness (QED) is 0.434. The van der Waals surface area contributed by atoms with Crippen molar-refractivity contribution < 1.29 is 9.21 Å². The smallest absolute Gasteiger partial charge is 0.287 e. The molecule has 2 rings (SSSR count). The first-order chi connectivity index (χ1) is 11.1. The van der Waals surface area contributed by atoms with Gasteiger partial charge in [0.2, 0.25) is 0 Å². The lowest BCUT2D eigenvalue weighted by Crippen LogP contribution is -2.26. The Morgan fingerprint density at radius 3 is 2.61 bits per heavy atom. The van der Waals surface area contributed by atoms with Gasteiger partial charge < -0.3 is 20.8 Å². The van der Waals surface area contributed by atoms with Gasteiger partial charge in [0, 0.05) is 24.3 Å². The Kier molecular flexibility index (Phi) is 5.80. The summed E-state index contributed by atoms with van der Waals surface area (Å²) in [5.74, 6) is 0.512. The zero-order valence-corrected chi connectivity index (χ0v) is 13.4. The molecule has 1 amide bonds. The number of hydrogen-bond acceptors (Lipinski definition) is 3. The number of rotatable bonds is 6. The summed E-state index contributed by atoms with van der Waals surface area (Å²) in [4.78, 5) is 16.0. The lowest BCUT2D eigenvalue weighted by molar-refractivity contribution is 0.0925. The van der Waals surface area contributed by atoms with E-state index in [1.54, 1.807) is 6.07 Å². The fourth-order valence-corrected chi connectivity index (χ4v) is 1.99. The minimum atomic E-state index is -0.206. The second-order valence-electron chi connectivity index (χ2n) is 5.30. The van der Waals surface area contributed by atoms with Gasteiger partial charge in [-0.2, -0.15) is 0 Å². The Hall–Kier alpha value is -2.76. The van der Waals surface area contributed by atoms with Crippen molar-refractivity contribution in [1.29, 1.82) is 0 Å². The van der Waals surface area contributed by atoms with Gasteiger partial charge in [-0.1, -0.05) is 17.7 Å². The molecule has 1 aromatic carbocycles. The van der Waals surface area contributed by atoms with E-state index in [0.717, 1.165) is 11.3 Å². The van der Waals surface area contributed by atoms with Gasteiger partial charge in [-0.15, -0.1) is 0 Å². The first-order valence-corrected chi connectivity index (χ1v) is 7.52. The number of nitrogens with one attached hydrogen (secondary N) is 2. The predicted octanol–water partition coefficient (Wildman–Crippen LogP) is 2.44. The molecule has 0 atom stereocenters. The zero-order valence-electron chi connectivity index (χ0n) is 13.4. The highest BCUT2D eigenvalue weighted by Gasteiger charge is 2.11. The topological polar surface area (TPSA) is 92.6 Å². The van der Waals surface area contributed by atoms with Crippen molar-refractivity contribution in [2.45, 2.75) is 20.3 Å². The zero-order chi connectivity index (χ0) is 16.7. The van der Waals surface area contributed by atoms with E-state index in [2.05, 4.69) is 15.6 Å². The molecule has 0 unspecified atom stereocenters. The molecule has 0 aliphatic heterocycles. The van der Waals surface area contributed by atoms with Crippen molar-refractivity contribution in [2.24, 2.45) is 10.7 Å². The van der Waals surface area contributed by atoms with Gasteiger partial charge in [0.1, 0.15) is 0 Å². The van der Waals surface area contributed by atoms with Crippen LogP contribution >= 0.6 is 0 Å². The number of aryl methyl sites for hydroxylation is 2. The van der Waals surface area contributed by atoms with Crippen LogP contribution in [-0.2, 0) is 0 Å². The summed E-state index contributed by atoms with van der Waals surface area (Å²) in [5.41, 5.74) is 8.74. The number of carbonyl (C=O) groups is 1. The molecule has 1 heterocycles. The minimum Gasteiger partial charge on any atom is -0.459 e. The number of amides is 1. The Labute approximate surface area is 135 Å². The second-order valence-corrected chi connectivity index (χ2v) is 5.30. The number of aliphatic imine (C=N–C) groups is 1. The number of nitrogens with zero attached hydrogens (tertiary/aromatic N) is 1. The van der Waals surface area contributed by atoms with Crippen LogP contribution in [0.5, 0.6) is 0 Å². The van der Waals surface area contributed by atoms with Crippen LogP contribution in [0.1, 0.15) is 28.1 Å². The molecular weight excluding hydrogens is 292 g/mol. The third kappa shape index (κ3) is 5.18. The van der Waals surface area contributed by atoms with E-state index in [4.69, 9.17) is 10.2 Å². The molecule has 122 valence electrons. The maximum atomic E-state index is 11.8. The number of nitrogens with two attached hydrogens (primary N) is 1. The number of carbonyl (C=O) groups excluding carboxylic acids is 1. The van der Waals surface area contributed by atoms with Gasteiger partial charge in [0.25, 0.3) is 5.91 Å².